The number of rotatable bonds is 3. The van der Waals surface area contributed by atoms with Crippen LogP contribution in [0.25, 0.3) is 10.9 Å². The average molecular weight is 363 g/mol. The van der Waals surface area contributed by atoms with Crippen molar-refractivity contribution in [2.45, 2.75) is 6.54 Å². The van der Waals surface area contributed by atoms with Gasteiger partial charge in [0.05, 0.1) is 17.1 Å². The predicted molar refractivity (Wildman–Crippen MR) is 105 cm³/mol. The summed E-state index contributed by atoms with van der Waals surface area (Å²) in [6, 6.07) is 18.0. The number of anilines is 1. The van der Waals surface area contributed by atoms with Gasteiger partial charge in [0.25, 0.3) is 0 Å². The first-order valence-electron chi connectivity index (χ1n) is 8.73. The van der Waals surface area contributed by atoms with Crippen LogP contribution in [0.5, 0.6) is 0 Å². The molecule has 130 valence electrons. The SMILES string of the molecule is N#Cc1ccc(CN2CCN(c3ccnc4cc(Cl)ccc34)CC2)cc1. The van der Waals surface area contributed by atoms with E-state index >= 15 is 0 Å². The van der Waals surface area contributed by atoms with Crippen molar-refractivity contribution < 1.29 is 0 Å². The number of pyridine rings is 1. The molecule has 0 radical (unpaired) electrons. The number of benzene rings is 2. The molecule has 1 aliphatic rings. The topological polar surface area (TPSA) is 43.2 Å². The molecule has 0 aliphatic carbocycles. The maximum atomic E-state index is 8.90. The largest absolute Gasteiger partial charge is 0.368 e. The minimum Gasteiger partial charge on any atom is -0.368 e. The van der Waals surface area contributed by atoms with E-state index in [9.17, 15) is 0 Å². The van der Waals surface area contributed by atoms with Gasteiger partial charge in [-0.05, 0) is 42.0 Å². The minimum absolute atomic E-state index is 0.711. The minimum atomic E-state index is 0.711. The summed E-state index contributed by atoms with van der Waals surface area (Å²) >= 11 is 6.09. The van der Waals surface area contributed by atoms with Crippen LogP contribution in [-0.2, 0) is 6.54 Å². The summed E-state index contributed by atoms with van der Waals surface area (Å²) in [4.78, 5) is 9.32. The average Bonchev–Trinajstić information content (AvgIpc) is 2.68. The monoisotopic (exact) mass is 362 g/mol. The molecule has 2 heterocycles. The number of hydrogen-bond donors (Lipinski definition) is 0. The van der Waals surface area contributed by atoms with Crippen LogP contribution < -0.4 is 4.90 Å². The van der Waals surface area contributed by atoms with Gasteiger partial charge in [0, 0.05) is 55.0 Å². The fourth-order valence-corrected chi connectivity index (χ4v) is 3.64. The van der Waals surface area contributed by atoms with E-state index < -0.39 is 0 Å². The third kappa shape index (κ3) is 3.50. The van der Waals surface area contributed by atoms with Crippen LogP contribution in [0.2, 0.25) is 5.02 Å². The first-order valence-corrected chi connectivity index (χ1v) is 9.11. The lowest BCUT2D eigenvalue weighted by Crippen LogP contribution is -2.46. The van der Waals surface area contributed by atoms with Crippen LogP contribution >= 0.6 is 11.6 Å². The van der Waals surface area contributed by atoms with Crippen molar-refractivity contribution in [3.63, 3.8) is 0 Å². The first-order chi connectivity index (χ1) is 12.7. The molecule has 3 aromatic rings. The molecule has 0 N–H and O–H groups in total. The zero-order chi connectivity index (χ0) is 17.9. The Morgan fingerprint density at radius 2 is 1.77 bits per heavy atom. The zero-order valence-electron chi connectivity index (χ0n) is 14.4. The molecule has 0 bridgehead atoms. The molecule has 4 rings (SSSR count). The lowest BCUT2D eigenvalue weighted by Gasteiger charge is -2.36. The van der Waals surface area contributed by atoms with Crippen molar-refractivity contribution >= 4 is 28.2 Å². The summed E-state index contributed by atoms with van der Waals surface area (Å²) in [5.41, 5.74) is 4.13. The molecule has 0 atom stereocenters. The van der Waals surface area contributed by atoms with Crippen molar-refractivity contribution in [2.24, 2.45) is 0 Å². The smallest absolute Gasteiger partial charge is 0.0991 e. The molecule has 1 saturated heterocycles. The number of aromatic nitrogens is 1. The summed E-state index contributed by atoms with van der Waals surface area (Å²) in [6.07, 6.45) is 1.86. The molecule has 0 spiro atoms. The molecule has 4 nitrogen and oxygen atoms in total. The standard InChI is InChI=1S/C21H19ClN4/c22-18-5-6-19-20(13-18)24-8-7-21(19)26-11-9-25(10-12-26)15-17-3-1-16(14-23)2-4-17/h1-8,13H,9-12,15H2. The first kappa shape index (κ1) is 16.8. The van der Waals surface area contributed by atoms with Gasteiger partial charge < -0.3 is 4.90 Å². The molecule has 1 aromatic heterocycles. The normalized spacial score (nSPS) is 15.2. The third-order valence-electron chi connectivity index (χ3n) is 4.88. The number of halogens is 1. The summed E-state index contributed by atoms with van der Waals surface area (Å²) in [5.74, 6) is 0. The fraction of sp³-hybridized carbons (Fsp3) is 0.238. The summed E-state index contributed by atoms with van der Waals surface area (Å²) in [5, 5.41) is 10.8. The highest BCUT2D eigenvalue weighted by molar-refractivity contribution is 6.31. The Labute approximate surface area is 158 Å². The van der Waals surface area contributed by atoms with Crippen LogP contribution in [0.3, 0.4) is 0 Å². The van der Waals surface area contributed by atoms with Gasteiger partial charge in [0.15, 0.2) is 0 Å². The Balaban J connectivity index is 1.44. The molecule has 1 aliphatic heterocycles. The summed E-state index contributed by atoms with van der Waals surface area (Å²) in [7, 11) is 0. The molecule has 26 heavy (non-hydrogen) atoms. The molecule has 5 heteroatoms. The number of piperazine rings is 1. The molecule has 0 unspecified atom stereocenters. The molecule has 0 saturated carbocycles. The van der Waals surface area contributed by atoms with Crippen molar-refractivity contribution in [3.8, 4) is 6.07 Å². The Morgan fingerprint density at radius 1 is 1.00 bits per heavy atom. The van der Waals surface area contributed by atoms with Crippen molar-refractivity contribution in [2.75, 3.05) is 31.1 Å². The van der Waals surface area contributed by atoms with E-state index in [2.05, 4.69) is 33.0 Å². The van der Waals surface area contributed by atoms with Crippen molar-refractivity contribution in [1.29, 1.82) is 5.26 Å². The van der Waals surface area contributed by atoms with Gasteiger partial charge in [-0.3, -0.25) is 9.88 Å². The van der Waals surface area contributed by atoms with Crippen LogP contribution in [-0.4, -0.2) is 36.1 Å². The number of nitrogens with zero attached hydrogens (tertiary/aromatic N) is 4. The maximum Gasteiger partial charge on any atom is 0.0991 e. The van der Waals surface area contributed by atoms with E-state index in [4.69, 9.17) is 16.9 Å². The second-order valence-electron chi connectivity index (χ2n) is 6.56. The van der Waals surface area contributed by atoms with E-state index in [1.165, 1.54) is 11.3 Å². The van der Waals surface area contributed by atoms with Gasteiger partial charge in [-0.2, -0.15) is 5.26 Å². The molecule has 2 aromatic carbocycles. The van der Waals surface area contributed by atoms with Crippen molar-refractivity contribution in [3.05, 3.63) is 70.9 Å². The molecular weight excluding hydrogens is 344 g/mol. The Bertz CT molecular complexity index is 954. The van der Waals surface area contributed by atoms with Crippen molar-refractivity contribution in [1.82, 2.24) is 9.88 Å². The Kier molecular flexibility index (Phi) is 4.75. The third-order valence-corrected chi connectivity index (χ3v) is 5.12. The van der Waals surface area contributed by atoms with E-state index in [0.29, 0.717) is 5.56 Å². The van der Waals surface area contributed by atoms with Crippen LogP contribution in [0.1, 0.15) is 11.1 Å². The Hall–Kier alpha value is -2.61. The molecular formula is C21H19ClN4. The second kappa shape index (κ2) is 7.33. The second-order valence-corrected chi connectivity index (χ2v) is 7.00. The lowest BCUT2D eigenvalue weighted by molar-refractivity contribution is 0.250. The van der Waals surface area contributed by atoms with Gasteiger partial charge in [-0.15, -0.1) is 0 Å². The Morgan fingerprint density at radius 3 is 2.50 bits per heavy atom. The highest BCUT2D eigenvalue weighted by Crippen LogP contribution is 2.28. The van der Waals surface area contributed by atoms with E-state index in [-0.39, 0.29) is 0 Å². The van der Waals surface area contributed by atoms with E-state index in [1.54, 1.807) is 0 Å². The summed E-state index contributed by atoms with van der Waals surface area (Å²) in [6.45, 7) is 4.91. The highest BCUT2D eigenvalue weighted by atomic mass is 35.5. The van der Waals surface area contributed by atoms with Gasteiger partial charge in [0.2, 0.25) is 0 Å². The predicted octanol–water partition coefficient (Wildman–Crippen LogP) is 4.08. The van der Waals surface area contributed by atoms with Gasteiger partial charge in [-0.1, -0.05) is 23.7 Å². The number of fused-ring (bicyclic) bond motifs is 1. The fourth-order valence-electron chi connectivity index (χ4n) is 3.47. The van der Waals surface area contributed by atoms with E-state index in [1.807, 2.05) is 42.6 Å². The number of hydrogen-bond acceptors (Lipinski definition) is 4. The van der Waals surface area contributed by atoms with Gasteiger partial charge >= 0.3 is 0 Å². The number of nitriles is 1. The zero-order valence-corrected chi connectivity index (χ0v) is 15.2. The van der Waals surface area contributed by atoms with Gasteiger partial charge in [-0.25, -0.2) is 0 Å². The van der Waals surface area contributed by atoms with E-state index in [0.717, 1.165) is 48.6 Å². The van der Waals surface area contributed by atoms with Crippen LogP contribution in [0, 0.1) is 11.3 Å². The highest BCUT2D eigenvalue weighted by Gasteiger charge is 2.19. The maximum absolute atomic E-state index is 8.90. The van der Waals surface area contributed by atoms with Gasteiger partial charge in [0.1, 0.15) is 0 Å². The quantitative estimate of drug-likeness (QED) is 0.704. The molecule has 1 fully saturated rings. The van der Waals surface area contributed by atoms with Crippen LogP contribution in [0.15, 0.2) is 54.7 Å². The lowest BCUT2D eigenvalue weighted by atomic mass is 10.1. The van der Waals surface area contributed by atoms with Crippen LogP contribution in [0.4, 0.5) is 5.69 Å². The summed E-state index contributed by atoms with van der Waals surface area (Å²) < 4.78 is 0. The molecule has 0 amide bonds.